The lowest BCUT2D eigenvalue weighted by Gasteiger charge is -2.18. The van der Waals surface area contributed by atoms with Crippen LogP contribution in [0.5, 0.6) is 0 Å². The maximum atomic E-state index is 11.5. The van der Waals surface area contributed by atoms with Gasteiger partial charge in [0.1, 0.15) is 0 Å². The zero-order valence-electron chi connectivity index (χ0n) is 10.3. The lowest BCUT2D eigenvalue weighted by atomic mass is 10.0. The number of Topliss-reactive ketones (excluding diaryl/α,β-unsaturated/α-hetero) is 1. The van der Waals surface area contributed by atoms with Crippen molar-refractivity contribution in [3.63, 3.8) is 0 Å². The number of benzene rings is 1. The van der Waals surface area contributed by atoms with Crippen molar-refractivity contribution in [3.8, 4) is 0 Å². The van der Waals surface area contributed by atoms with Crippen molar-refractivity contribution < 1.29 is 9.53 Å². The first-order valence-corrected chi connectivity index (χ1v) is 5.42. The summed E-state index contributed by atoms with van der Waals surface area (Å²) in [5.41, 5.74) is 2.73. The molecular weight excluding hydrogens is 202 g/mol. The SMILES string of the molecule is COCC(C)Nc1c(C)cccc1C(C)=O. The molecule has 0 fully saturated rings. The van der Waals surface area contributed by atoms with Crippen LogP contribution in [0.1, 0.15) is 29.8 Å². The van der Waals surface area contributed by atoms with Crippen LogP contribution in [-0.2, 0) is 4.74 Å². The number of carbonyl (C=O) groups is 1. The summed E-state index contributed by atoms with van der Waals surface area (Å²) in [5, 5.41) is 3.32. The highest BCUT2D eigenvalue weighted by molar-refractivity contribution is 6.00. The minimum absolute atomic E-state index is 0.0795. The largest absolute Gasteiger partial charge is 0.383 e. The number of methoxy groups -OCH3 is 1. The molecule has 1 atom stereocenters. The summed E-state index contributed by atoms with van der Waals surface area (Å²) in [4.78, 5) is 11.5. The second-order valence-electron chi connectivity index (χ2n) is 4.05. The van der Waals surface area contributed by atoms with Gasteiger partial charge >= 0.3 is 0 Å². The van der Waals surface area contributed by atoms with Gasteiger partial charge in [-0.15, -0.1) is 0 Å². The second kappa shape index (κ2) is 5.66. The lowest BCUT2D eigenvalue weighted by molar-refractivity contribution is 0.101. The van der Waals surface area contributed by atoms with E-state index in [1.165, 1.54) is 0 Å². The summed E-state index contributed by atoms with van der Waals surface area (Å²) >= 11 is 0. The average molecular weight is 221 g/mol. The Hall–Kier alpha value is -1.35. The number of nitrogens with one attached hydrogen (secondary N) is 1. The monoisotopic (exact) mass is 221 g/mol. The third-order valence-corrected chi connectivity index (χ3v) is 2.46. The predicted octanol–water partition coefficient (Wildman–Crippen LogP) is 2.64. The molecule has 88 valence electrons. The fourth-order valence-electron chi connectivity index (χ4n) is 1.69. The van der Waals surface area contributed by atoms with Crippen molar-refractivity contribution in [1.29, 1.82) is 0 Å². The van der Waals surface area contributed by atoms with Crippen LogP contribution < -0.4 is 5.32 Å². The normalized spacial score (nSPS) is 12.2. The summed E-state index contributed by atoms with van der Waals surface area (Å²) in [6.07, 6.45) is 0. The molecule has 1 N–H and O–H groups in total. The van der Waals surface area contributed by atoms with Gasteiger partial charge in [0, 0.05) is 24.4 Å². The van der Waals surface area contributed by atoms with Gasteiger partial charge in [-0.2, -0.15) is 0 Å². The van der Waals surface area contributed by atoms with Crippen LogP contribution in [-0.4, -0.2) is 25.5 Å². The number of carbonyl (C=O) groups excluding carboxylic acids is 1. The Balaban J connectivity index is 2.97. The van der Waals surface area contributed by atoms with Gasteiger partial charge in [-0.1, -0.05) is 12.1 Å². The maximum Gasteiger partial charge on any atom is 0.161 e. The van der Waals surface area contributed by atoms with Crippen molar-refractivity contribution in [1.82, 2.24) is 0 Å². The minimum Gasteiger partial charge on any atom is -0.383 e. The summed E-state index contributed by atoms with van der Waals surface area (Å²) < 4.78 is 5.07. The van der Waals surface area contributed by atoms with E-state index < -0.39 is 0 Å². The van der Waals surface area contributed by atoms with E-state index in [2.05, 4.69) is 5.32 Å². The molecule has 1 unspecified atom stereocenters. The highest BCUT2D eigenvalue weighted by Crippen LogP contribution is 2.21. The van der Waals surface area contributed by atoms with Gasteiger partial charge < -0.3 is 10.1 Å². The standard InChI is InChI=1S/C13H19NO2/c1-9-6-5-7-12(11(3)15)13(9)14-10(2)8-16-4/h5-7,10,14H,8H2,1-4H3. The summed E-state index contributed by atoms with van der Waals surface area (Å²) in [5.74, 6) is 0.0795. The van der Waals surface area contributed by atoms with Crippen LogP contribution in [0.3, 0.4) is 0 Å². The number of ether oxygens (including phenoxy) is 1. The number of rotatable bonds is 5. The summed E-state index contributed by atoms with van der Waals surface area (Å²) in [6, 6.07) is 5.92. The van der Waals surface area contributed by atoms with Crippen LogP contribution in [0, 0.1) is 6.92 Å². The quantitative estimate of drug-likeness (QED) is 0.777. The number of hydrogen-bond acceptors (Lipinski definition) is 3. The fraction of sp³-hybridized carbons (Fsp3) is 0.462. The number of para-hydroxylation sites is 1. The van der Waals surface area contributed by atoms with Gasteiger partial charge in [0.15, 0.2) is 5.78 Å². The number of hydrogen-bond donors (Lipinski definition) is 1. The van der Waals surface area contributed by atoms with E-state index in [1.807, 2.05) is 32.0 Å². The van der Waals surface area contributed by atoms with Crippen molar-refractivity contribution in [3.05, 3.63) is 29.3 Å². The highest BCUT2D eigenvalue weighted by atomic mass is 16.5. The smallest absolute Gasteiger partial charge is 0.161 e. The molecule has 1 aromatic rings. The molecule has 3 heteroatoms. The van der Waals surface area contributed by atoms with Gasteiger partial charge in [-0.25, -0.2) is 0 Å². The zero-order chi connectivity index (χ0) is 12.1. The number of anilines is 1. The molecular formula is C13H19NO2. The molecule has 0 saturated carbocycles. The van der Waals surface area contributed by atoms with E-state index in [0.717, 1.165) is 16.8 Å². The molecule has 0 radical (unpaired) electrons. The summed E-state index contributed by atoms with van der Waals surface area (Å²) in [7, 11) is 1.67. The van der Waals surface area contributed by atoms with Crippen LogP contribution in [0.25, 0.3) is 0 Å². The highest BCUT2D eigenvalue weighted by Gasteiger charge is 2.11. The van der Waals surface area contributed by atoms with Gasteiger partial charge in [0.25, 0.3) is 0 Å². The summed E-state index contributed by atoms with van der Waals surface area (Å²) in [6.45, 7) is 6.22. The number of aryl methyl sites for hydroxylation is 1. The molecule has 0 spiro atoms. The van der Waals surface area contributed by atoms with Gasteiger partial charge in [0.2, 0.25) is 0 Å². The van der Waals surface area contributed by atoms with Gasteiger partial charge in [-0.05, 0) is 32.4 Å². The maximum absolute atomic E-state index is 11.5. The van der Waals surface area contributed by atoms with Crippen molar-refractivity contribution in [2.24, 2.45) is 0 Å². The zero-order valence-corrected chi connectivity index (χ0v) is 10.3. The molecule has 1 rings (SSSR count). The first kappa shape index (κ1) is 12.7. The molecule has 0 bridgehead atoms. The Morgan fingerprint density at radius 3 is 2.75 bits per heavy atom. The Morgan fingerprint density at radius 2 is 2.19 bits per heavy atom. The molecule has 0 aliphatic rings. The minimum atomic E-state index is 0.0795. The van der Waals surface area contributed by atoms with E-state index >= 15 is 0 Å². The molecule has 0 aliphatic heterocycles. The Morgan fingerprint density at radius 1 is 1.50 bits per heavy atom. The van der Waals surface area contributed by atoms with Crippen molar-refractivity contribution >= 4 is 11.5 Å². The first-order valence-electron chi connectivity index (χ1n) is 5.42. The van der Waals surface area contributed by atoms with E-state index in [9.17, 15) is 4.79 Å². The third-order valence-electron chi connectivity index (χ3n) is 2.46. The van der Waals surface area contributed by atoms with E-state index in [-0.39, 0.29) is 11.8 Å². The molecule has 0 aliphatic carbocycles. The fourth-order valence-corrected chi connectivity index (χ4v) is 1.69. The van der Waals surface area contributed by atoms with Crippen molar-refractivity contribution in [2.45, 2.75) is 26.8 Å². The number of ketones is 1. The molecule has 0 aromatic heterocycles. The molecule has 3 nitrogen and oxygen atoms in total. The van der Waals surface area contributed by atoms with Crippen LogP contribution in [0.15, 0.2) is 18.2 Å². The average Bonchev–Trinajstić information content (AvgIpc) is 2.21. The van der Waals surface area contributed by atoms with Crippen LogP contribution >= 0.6 is 0 Å². The third kappa shape index (κ3) is 3.07. The molecule has 0 amide bonds. The van der Waals surface area contributed by atoms with Crippen LogP contribution in [0.4, 0.5) is 5.69 Å². The molecule has 0 heterocycles. The van der Waals surface area contributed by atoms with Crippen LogP contribution in [0.2, 0.25) is 0 Å². The van der Waals surface area contributed by atoms with E-state index in [0.29, 0.717) is 6.61 Å². The van der Waals surface area contributed by atoms with Crippen molar-refractivity contribution in [2.75, 3.05) is 19.0 Å². The van der Waals surface area contributed by atoms with Gasteiger partial charge in [0.05, 0.1) is 6.61 Å². The van der Waals surface area contributed by atoms with Gasteiger partial charge in [-0.3, -0.25) is 4.79 Å². The topological polar surface area (TPSA) is 38.3 Å². The van der Waals surface area contributed by atoms with E-state index in [4.69, 9.17) is 4.74 Å². The Kier molecular flexibility index (Phi) is 4.50. The molecule has 1 aromatic carbocycles. The Labute approximate surface area is 96.8 Å². The molecule has 16 heavy (non-hydrogen) atoms. The first-order chi connectivity index (χ1) is 7.56. The predicted molar refractivity (Wildman–Crippen MR) is 66.1 cm³/mol. The van der Waals surface area contributed by atoms with E-state index in [1.54, 1.807) is 14.0 Å². The molecule has 0 saturated heterocycles. The second-order valence-corrected chi connectivity index (χ2v) is 4.05. The Bertz CT molecular complexity index is 374. The lowest BCUT2D eigenvalue weighted by Crippen LogP contribution is -2.22.